The van der Waals surface area contributed by atoms with Crippen LogP contribution in [0.1, 0.15) is 11.3 Å². The molecule has 1 heterocycles. The molecule has 1 aromatic carbocycles. The van der Waals surface area contributed by atoms with Crippen molar-refractivity contribution in [3.8, 4) is 5.75 Å². The van der Waals surface area contributed by atoms with Crippen LogP contribution in [0.4, 0.5) is 0 Å². The number of aromatic amines is 1. The molecule has 0 aliphatic rings. The smallest absolute Gasteiger partial charge is 0.223 e. The lowest BCUT2D eigenvalue weighted by Gasteiger charge is -2.06. The zero-order chi connectivity index (χ0) is 13.0. The van der Waals surface area contributed by atoms with Crippen LogP contribution in [-0.4, -0.2) is 4.98 Å². The van der Waals surface area contributed by atoms with Crippen LogP contribution < -0.4 is 10.2 Å². The summed E-state index contributed by atoms with van der Waals surface area (Å²) in [5, 5.41) is 0.670. The topological polar surface area (TPSA) is 42.1 Å². The highest BCUT2D eigenvalue weighted by molar-refractivity contribution is 6.30. The molecule has 1 aromatic heterocycles. The standard InChI is InChI=1S/C13H11Cl2NO2/c14-6-11-5-12(17)13(7-16-11)18-8-9-1-3-10(15)4-2-9/h1-5,7H,6,8H2,(H,16,17). The molecule has 0 aliphatic carbocycles. The average Bonchev–Trinajstić information content (AvgIpc) is 2.39. The second-order valence-electron chi connectivity index (χ2n) is 3.74. The Morgan fingerprint density at radius 1 is 1.22 bits per heavy atom. The minimum Gasteiger partial charge on any atom is -0.483 e. The molecular weight excluding hydrogens is 273 g/mol. The van der Waals surface area contributed by atoms with Crippen molar-refractivity contribution >= 4 is 23.2 Å². The summed E-state index contributed by atoms with van der Waals surface area (Å²) in [5.74, 6) is 0.547. The fraction of sp³-hybridized carbons (Fsp3) is 0.154. The number of rotatable bonds is 4. The molecule has 2 rings (SSSR count). The number of ether oxygens (including phenoxy) is 1. The maximum absolute atomic E-state index is 11.6. The van der Waals surface area contributed by atoms with Gasteiger partial charge < -0.3 is 9.72 Å². The number of nitrogens with one attached hydrogen (secondary N) is 1. The molecule has 5 heteroatoms. The number of hydrogen-bond acceptors (Lipinski definition) is 2. The van der Waals surface area contributed by atoms with Gasteiger partial charge in [-0.25, -0.2) is 0 Å². The van der Waals surface area contributed by atoms with Crippen LogP contribution in [-0.2, 0) is 12.5 Å². The van der Waals surface area contributed by atoms with Crippen LogP contribution in [0.5, 0.6) is 5.75 Å². The first-order chi connectivity index (χ1) is 8.69. The summed E-state index contributed by atoms with van der Waals surface area (Å²) in [6, 6.07) is 8.69. The van der Waals surface area contributed by atoms with E-state index in [0.717, 1.165) is 5.56 Å². The van der Waals surface area contributed by atoms with E-state index < -0.39 is 0 Å². The Morgan fingerprint density at radius 3 is 2.56 bits per heavy atom. The summed E-state index contributed by atoms with van der Waals surface area (Å²) in [4.78, 5) is 14.5. The predicted octanol–water partition coefficient (Wildman–Crippen LogP) is 3.35. The third-order valence-electron chi connectivity index (χ3n) is 2.39. The number of hydrogen-bond donors (Lipinski definition) is 1. The largest absolute Gasteiger partial charge is 0.483 e. The van der Waals surface area contributed by atoms with Crippen molar-refractivity contribution in [2.75, 3.05) is 0 Å². The van der Waals surface area contributed by atoms with Gasteiger partial charge in [-0.15, -0.1) is 11.6 Å². The zero-order valence-electron chi connectivity index (χ0n) is 9.45. The first-order valence-corrected chi connectivity index (χ1v) is 6.25. The van der Waals surface area contributed by atoms with E-state index in [1.165, 1.54) is 12.3 Å². The number of benzene rings is 1. The fourth-order valence-corrected chi connectivity index (χ4v) is 1.71. The first-order valence-electron chi connectivity index (χ1n) is 5.34. The molecule has 0 spiro atoms. The monoisotopic (exact) mass is 283 g/mol. The highest BCUT2D eigenvalue weighted by Crippen LogP contribution is 2.12. The second kappa shape index (κ2) is 5.94. The van der Waals surface area contributed by atoms with Crippen LogP contribution in [0.25, 0.3) is 0 Å². The number of halogens is 2. The molecule has 0 aliphatic heterocycles. The molecule has 3 nitrogen and oxygen atoms in total. The van der Waals surface area contributed by atoms with Crippen LogP contribution >= 0.6 is 23.2 Å². The van der Waals surface area contributed by atoms with Gasteiger partial charge in [-0.1, -0.05) is 23.7 Å². The van der Waals surface area contributed by atoms with E-state index in [1.807, 2.05) is 12.1 Å². The van der Waals surface area contributed by atoms with Crippen LogP contribution in [0.3, 0.4) is 0 Å². The van der Waals surface area contributed by atoms with Gasteiger partial charge in [0.2, 0.25) is 5.43 Å². The Morgan fingerprint density at radius 2 is 1.94 bits per heavy atom. The van der Waals surface area contributed by atoms with Crippen molar-refractivity contribution in [3.63, 3.8) is 0 Å². The molecule has 18 heavy (non-hydrogen) atoms. The van der Waals surface area contributed by atoms with Gasteiger partial charge in [0, 0.05) is 23.0 Å². The van der Waals surface area contributed by atoms with E-state index in [1.54, 1.807) is 12.1 Å². The highest BCUT2D eigenvalue weighted by Gasteiger charge is 2.02. The van der Waals surface area contributed by atoms with E-state index >= 15 is 0 Å². The lowest BCUT2D eigenvalue weighted by Crippen LogP contribution is -2.09. The van der Waals surface area contributed by atoms with E-state index in [4.69, 9.17) is 27.9 Å². The second-order valence-corrected chi connectivity index (χ2v) is 4.44. The molecule has 1 N–H and O–H groups in total. The van der Waals surface area contributed by atoms with Crippen LogP contribution in [0, 0.1) is 0 Å². The summed E-state index contributed by atoms with van der Waals surface area (Å²) in [7, 11) is 0. The SMILES string of the molecule is O=c1cc(CCl)[nH]cc1OCc1ccc(Cl)cc1. The molecule has 0 unspecified atom stereocenters. The third-order valence-corrected chi connectivity index (χ3v) is 2.93. The Labute approximate surface area is 114 Å². The lowest BCUT2D eigenvalue weighted by molar-refractivity contribution is 0.302. The minimum absolute atomic E-state index is 0.182. The molecule has 0 radical (unpaired) electrons. The van der Waals surface area contributed by atoms with E-state index in [9.17, 15) is 4.79 Å². The Bertz CT molecular complexity index is 578. The molecule has 0 bridgehead atoms. The highest BCUT2D eigenvalue weighted by atomic mass is 35.5. The van der Waals surface area contributed by atoms with Gasteiger partial charge in [0.15, 0.2) is 5.75 Å². The van der Waals surface area contributed by atoms with Gasteiger partial charge in [0.1, 0.15) is 6.61 Å². The van der Waals surface area contributed by atoms with Crippen molar-refractivity contribution in [1.82, 2.24) is 4.98 Å². The maximum Gasteiger partial charge on any atom is 0.223 e. The summed E-state index contributed by atoms with van der Waals surface area (Å²) < 4.78 is 5.43. The lowest BCUT2D eigenvalue weighted by atomic mass is 10.2. The summed E-state index contributed by atoms with van der Waals surface area (Å²) in [5.41, 5.74) is 1.43. The molecule has 94 valence electrons. The van der Waals surface area contributed by atoms with Gasteiger partial charge in [0.05, 0.1) is 5.88 Å². The van der Waals surface area contributed by atoms with Gasteiger partial charge in [-0.05, 0) is 17.7 Å². The van der Waals surface area contributed by atoms with Crippen LogP contribution in [0.15, 0.2) is 41.3 Å². The normalized spacial score (nSPS) is 10.3. The molecular formula is C13H11Cl2NO2. The summed E-state index contributed by atoms with van der Waals surface area (Å²) >= 11 is 11.4. The zero-order valence-corrected chi connectivity index (χ0v) is 11.0. The van der Waals surface area contributed by atoms with Crippen molar-refractivity contribution in [2.24, 2.45) is 0 Å². The van der Waals surface area contributed by atoms with E-state index in [0.29, 0.717) is 17.3 Å². The third kappa shape index (κ3) is 3.28. The van der Waals surface area contributed by atoms with Crippen molar-refractivity contribution in [1.29, 1.82) is 0 Å². The van der Waals surface area contributed by atoms with Crippen molar-refractivity contribution in [3.05, 3.63) is 63.0 Å². The molecule has 0 amide bonds. The Kier molecular flexibility index (Phi) is 4.28. The first kappa shape index (κ1) is 13.0. The van der Waals surface area contributed by atoms with Gasteiger partial charge in [-0.3, -0.25) is 4.79 Å². The number of H-pyrrole nitrogens is 1. The Balaban J connectivity index is 2.06. The molecule has 2 aromatic rings. The van der Waals surface area contributed by atoms with Crippen molar-refractivity contribution in [2.45, 2.75) is 12.5 Å². The predicted molar refractivity (Wildman–Crippen MR) is 72.4 cm³/mol. The molecule has 0 atom stereocenters. The fourth-order valence-electron chi connectivity index (χ4n) is 1.43. The number of pyridine rings is 1. The van der Waals surface area contributed by atoms with Gasteiger partial charge >= 0.3 is 0 Å². The average molecular weight is 284 g/mol. The summed E-state index contributed by atoms with van der Waals surface area (Å²) in [6.07, 6.45) is 1.52. The maximum atomic E-state index is 11.6. The Hall–Kier alpha value is -1.45. The summed E-state index contributed by atoms with van der Waals surface area (Å²) in [6.45, 7) is 0.320. The molecule has 0 saturated heterocycles. The minimum atomic E-state index is -0.182. The van der Waals surface area contributed by atoms with Gasteiger partial charge in [0.25, 0.3) is 0 Å². The van der Waals surface area contributed by atoms with Crippen LogP contribution in [0.2, 0.25) is 5.02 Å². The molecule has 0 saturated carbocycles. The van der Waals surface area contributed by atoms with E-state index in [2.05, 4.69) is 4.98 Å². The van der Waals surface area contributed by atoms with Crippen molar-refractivity contribution < 1.29 is 4.74 Å². The van der Waals surface area contributed by atoms with Gasteiger partial charge in [-0.2, -0.15) is 0 Å². The quantitative estimate of drug-likeness (QED) is 0.875. The number of aromatic nitrogens is 1. The number of alkyl halides is 1. The molecule has 0 fully saturated rings. The van der Waals surface area contributed by atoms with E-state index in [-0.39, 0.29) is 17.1 Å².